The smallest absolute Gasteiger partial charge is 0.282 e. The van der Waals surface area contributed by atoms with Gasteiger partial charge in [-0.15, -0.1) is 0 Å². The Bertz CT molecular complexity index is 419. The third kappa shape index (κ3) is 4.27. The van der Waals surface area contributed by atoms with Crippen molar-refractivity contribution in [3.8, 4) is 0 Å². The lowest BCUT2D eigenvalue weighted by Gasteiger charge is -2.31. The number of hydrogen-bond acceptors (Lipinski definition) is 3. The Hall–Kier alpha value is -1.43. The number of morpholine rings is 1. The summed E-state index contributed by atoms with van der Waals surface area (Å²) in [5.41, 5.74) is 0. The fraction of sp³-hybridized carbons (Fsp3) is 0.733. The number of nitrogens with zero attached hydrogens (tertiary/aromatic N) is 1. The predicted molar refractivity (Wildman–Crippen MR) is 76.2 cm³/mol. The Morgan fingerprint density at radius 2 is 2.00 bits per heavy atom. The van der Waals surface area contributed by atoms with Crippen molar-refractivity contribution < 1.29 is 18.7 Å². The molecule has 118 valence electrons. The highest BCUT2D eigenvalue weighted by Crippen LogP contribution is 2.26. The first-order chi connectivity index (χ1) is 10.1. The van der Waals surface area contributed by atoms with Gasteiger partial charge in [-0.3, -0.25) is 9.59 Å². The molecule has 0 radical (unpaired) electrons. The highest BCUT2D eigenvalue weighted by atomic mass is 19.1. The van der Waals surface area contributed by atoms with Crippen LogP contribution in [0.25, 0.3) is 0 Å². The highest BCUT2D eigenvalue weighted by Gasteiger charge is 2.30. The molecule has 6 heteroatoms. The molecule has 1 atom stereocenters. The standard InChI is InChI=1S/C15H23FN2O3/c1-17-14(19)13-10-18(7-8-21-13)15(20)12(16)9-11-5-3-2-4-6-11/h9,11,13H,2-8,10H2,1H3,(H,17,19)/b12-9-/t13-/m0/s1. The Morgan fingerprint density at radius 1 is 1.29 bits per heavy atom. The molecule has 2 amide bonds. The minimum absolute atomic E-state index is 0.102. The molecule has 0 unspecified atom stereocenters. The summed E-state index contributed by atoms with van der Waals surface area (Å²) in [6.07, 6.45) is 6.03. The van der Waals surface area contributed by atoms with E-state index in [1.165, 1.54) is 24.4 Å². The van der Waals surface area contributed by atoms with E-state index in [0.717, 1.165) is 25.7 Å². The number of hydrogen-bond donors (Lipinski definition) is 1. The van der Waals surface area contributed by atoms with Gasteiger partial charge in [0.25, 0.3) is 11.8 Å². The fourth-order valence-corrected chi connectivity index (χ4v) is 2.88. The summed E-state index contributed by atoms with van der Waals surface area (Å²) in [6.45, 7) is 0.670. The van der Waals surface area contributed by atoms with E-state index in [2.05, 4.69) is 5.32 Å². The number of halogens is 1. The van der Waals surface area contributed by atoms with Gasteiger partial charge in [0, 0.05) is 13.6 Å². The van der Waals surface area contributed by atoms with Gasteiger partial charge in [0.1, 0.15) is 0 Å². The molecule has 2 fully saturated rings. The maximum absolute atomic E-state index is 14.1. The average Bonchev–Trinajstić information content (AvgIpc) is 2.54. The first kappa shape index (κ1) is 15.9. The van der Waals surface area contributed by atoms with Crippen LogP contribution in [-0.2, 0) is 14.3 Å². The second kappa shape index (κ2) is 7.54. The van der Waals surface area contributed by atoms with E-state index in [0.29, 0.717) is 6.54 Å². The molecular formula is C15H23FN2O3. The van der Waals surface area contributed by atoms with Gasteiger partial charge in [-0.1, -0.05) is 19.3 Å². The molecule has 5 nitrogen and oxygen atoms in total. The van der Waals surface area contributed by atoms with Crippen LogP contribution in [0, 0.1) is 5.92 Å². The van der Waals surface area contributed by atoms with Gasteiger partial charge in [-0.05, 0) is 24.8 Å². The van der Waals surface area contributed by atoms with E-state index in [4.69, 9.17) is 4.74 Å². The molecular weight excluding hydrogens is 275 g/mol. The normalized spacial score (nSPS) is 24.8. The van der Waals surface area contributed by atoms with Crippen molar-refractivity contribution in [1.29, 1.82) is 0 Å². The van der Waals surface area contributed by atoms with Crippen molar-refractivity contribution in [3.05, 3.63) is 11.9 Å². The molecule has 2 rings (SSSR count). The lowest BCUT2D eigenvalue weighted by atomic mass is 9.89. The topological polar surface area (TPSA) is 58.6 Å². The van der Waals surface area contributed by atoms with Crippen LogP contribution < -0.4 is 5.32 Å². The summed E-state index contributed by atoms with van der Waals surface area (Å²) >= 11 is 0. The monoisotopic (exact) mass is 298 g/mol. The zero-order chi connectivity index (χ0) is 15.2. The molecule has 1 aliphatic heterocycles. The van der Waals surface area contributed by atoms with Crippen molar-refractivity contribution in [2.45, 2.75) is 38.2 Å². The first-order valence-electron chi connectivity index (χ1n) is 7.61. The predicted octanol–water partition coefficient (Wildman–Crippen LogP) is 1.39. The molecule has 1 saturated heterocycles. The second-order valence-corrected chi connectivity index (χ2v) is 5.64. The van der Waals surface area contributed by atoms with E-state index in [1.807, 2.05) is 0 Å². The molecule has 0 aromatic rings. The molecule has 0 aromatic heterocycles. The van der Waals surface area contributed by atoms with Crippen molar-refractivity contribution in [2.24, 2.45) is 5.92 Å². The molecule has 0 bridgehead atoms. The number of carbonyl (C=O) groups is 2. The van der Waals surface area contributed by atoms with Crippen molar-refractivity contribution in [3.63, 3.8) is 0 Å². The zero-order valence-electron chi connectivity index (χ0n) is 12.4. The number of ether oxygens (including phenoxy) is 1. The van der Waals surface area contributed by atoms with Gasteiger partial charge < -0.3 is 15.0 Å². The van der Waals surface area contributed by atoms with E-state index in [1.54, 1.807) is 0 Å². The summed E-state index contributed by atoms with van der Waals surface area (Å²) in [5, 5.41) is 2.48. The van der Waals surface area contributed by atoms with E-state index in [9.17, 15) is 14.0 Å². The number of carbonyl (C=O) groups excluding carboxylic acids is 2. The Kier molecular flexibility index (Phi) is 5.73. The van der Waals surface area contributed by atoms with Crippen molar-refractivity contribution >= 4 is 11.8 Å². The number of amides is 2. The third-order valence-corrected chi connectivity index (χ3v) is 4.13. The van der Waals surface area contributed by atoms with Crippen molar-refractivity contribution in [1.82, 2.24) is 10.2 Å². The quantitative estimate of drug-likeness (QED) is 0.801. The van der Waals surface area contributed by atoms with Gasteiger partial charge in [0.15, 0.2) is 11.9 Å². The van der Waals surface area contributed by atoms with E-state index in [-0.39, 0.29) is 25.0 Å². The van der Waals surface area contributed by atoms with Crippen LogP contribution in [0.3, 0.4) is 0 Å². The van der Waals surface area contributed by atoms with Crippen LogP contribution >= 0.6 is 0 Å². The lowest BCUT2D eigenvalue weighted by molar-refractivity contribution is -0.145. The maximum atomic E-state index is 14.1. The van der Waals surface area contributed by atoms with Gasteiger partial charge in [0.05, 0.1) is 13.2 Å². The summed E-state index contributed by atoms with van der Waals surface area (Å²) < 4.78 is 19.4. The second-order valence-electron chi connectivity index (χ2n) is 5.64. The minimum atomic E-state index is -0.713. The third-order valence-electron chi connectivity index (χ3n) is 4.13. The van der Waals surface area contributed by atoms with E-state index < -0.39 is 17.8 Å². The Balaban J connectivity index is 1.94. The summed E-state index contributed by atoms with van der Waals surface area (Å²) in [4.78, 5) is 25.0. The van der Waals surface area contributed by atoms with E-state index >= 15 is 0 Å². The molecule has 0 aromatic carbocycles. The van der Waals surface area contributed by atoms with Crippen LogP contribution in [0.5, 0.6) is 0 Å². The van der Waals surface area contributed by atoms with Gasteiger partial charge in [-0.2, -0.15) is 0 Å². The molecule has 1 saturated carbocycles. The highest BCUT2D eigenvalue weighted by molar-refractivity contribution is 5.92. The number of likely N-dealkylation sites (N-methyl/N-ethyl adjacent to an activating group) is 1. The van der Waals surface area contributed by atoms with Crippen LogP contribution in [0.15, 0.2) is 11.9 Å². The number of rotatable bonds is 3. The Morgan fingerprint density at radius 3 is 2.67 bits per heavy atom. The number of nitrogens with one attached hydrogen (secondary N) is 1. The van der Waals surface area contributed by atoms with Crippen LogP contribution in [-0.4, -0.2) is 49.6 Å². The van der Waals surface area contributed by atoms with Crippen molar-refractivity contribution in [2.75, 3.05) is 26.7 Å². The molecule has 0 spiro atoms. The summed E-state index contributed by atoms with van der Waals surface area (Å²) in [6, 6.07) is 0. The molecule has 1 heterocycles. The zero-order valence-corrected chi connectivity index (χ0v) is 12.4. The Labute approximate surface area is 124 Å². The first-order valence-corrected chi connectivity index (χ1v) is 7.61. The average molecular weight is 298 g/mol. The SMILES string of the molecule is CNC(=O)[C@@H]1CN(C(=O)/C(F)=C/C2CCCCC2)CCO1. The molecule has 1 aliphatic carbocycles. The summed E-state index contributed by atoms with van der Waals surface area (Å²) in [7, 11) is 1.51. The molecule has 1 N–H and O–H groups in total. The van der Waals surface area contributed by atoms with Crippen LogP contribution in [0.1, 0.15) is 32.1 Å². The van der Waals surface area contributed by atoms with Crippen LogP contribution in [0.2, 0.25) is 0 Å². The molecule has 21 heavy (non-hydrogen) atoms. The fourth-order valence-electron chi connectivity index (χ4n) is 2.88. The van der Waals surface area contributed by atoms with Crippen LogP contribution in [0.4, 0.5) is 4.39 Å². The minimum Gasteiger partial charge on any atom is -0.365 e. The van der Waals surface area contributed by atoms with Gasteiger partial charge >= 0.3 is 0 Å². The maximum Gasteiger partial charge on any atom is 0.282 e. The lowest BCUT2D eigenvalue weighted by Crippen LogP contribution is -2.51. The van der Waals surface area contributed by atoms with Gasteiger partial charge in [-0.25, -0.2) is 4.39 Å². The largest absolute Gasteiger partial charge is 0.365 e. The van der Waals surface area contributed by atoms with Gasteiger partial charge in [0.2, 0.25) is 0 Å². The molecule has 2 aliphatic rings. The number of allylic oxidation sites excluding steroid dienone is 1. The summed E-state index contributed by atoms with van der Waals surface area (Å²) in [5.74, 6) is -1.44.